The van der Waals surface area contributed by atoms with Crippen LogP contribution >= 0.6 is 0 Å². The zero-order valence-electron chi connectivity index (χ0n) is 14.0. The number of alkyl halides is 3. The zero-order chi connectivity index (χ0) is 20.2. The van der Waals surface area contributed by atoms with Crippen molar-refractivity contribution in [3.05, 3.63) is 57.8 Å². The lowest BCUT2D eigenvalue weighted by Gasteiger charge is -2.18. The van der Waals surface area contributed by atoms with E-state index in [-0.39, 0.29) is 35.0 Å². The Morgan fingerprint density at radius 1 is 1.26 bits per heavy atom. The molecule has 0 atom stereocenters. The molecule has 27 heavy (non-hydrogen) atoms. The number of esters is 1. The minimum Gasteiger partial charge on any atom is -0.462 e. The second kappa shape index (κ2) is 7.85. The van der Waals surface area contributed by atoms with Gasteiger partial charge in [-0.15, -0.1) is 0 Å². The van der Waals surface area contributed by atoms with Crippen LogP contribution in [0, 0.1) is 15.5 Å². The number of carbonyl (C=O) groups is 1. The van der Waals surface area contributed by atoms with Crippen molar-refractivity contribution in [2.24, 2.45) is 0 Å². The summed E-state index contributed by atoms with van der Waals surface area (Å²) in [5.41, 5.74) is -2.87. The third-order valence-corrected chi connectivity index (χ3v) is 3.55. The van der Waals surface area contributed by atoms with E-state index in [1.54, 1.807) is 0 Å². The molecule has 0 saturated heterocycles. The lowest BCUT2D eigenvalue weighted by Crippen LogP contribution is -2.26. The molecule has 142 valence electrons. The number of allylic oxidation sites excluding steroid dienone is 1. The zero-order valence-corrected chi connectivity index (χ0v) is 14.0. The fourth-order valence-electron chi connectivity index (χ4n) is 2.42. The summed E-state index contributed by atoms with van der Waals surface area (Å²) in [6.07, 6.45) is -4.75. The molecule has 10 heteroatoms. The van der Waals surface area contributed by atoms with Gasteiger partial charge in [0.2, 0.25) is 0 Å². The number of fused-ring (bicyclic) bond motifs is 1. The Morgan fingerprint density at radius 3 is 2.41 bits per heavy atom. The van der Waals surface area contributed by atoms with Gasteiger partial charge in [0.15, 0.2) is 0 Å². The summed E-state index contributed by atoms with van der Waals surface area (Å²) >= 11 is 0. The number of hydrogen-bond donors (Lipinski definition) is 2. The maximum atomic E-state index is 13.5. The van der Waals surface area contributed by atoms with Gasteiger partial charge in [-0.3, -0.25) is 10.1 Å². The van der Waals surface area contributed by atoms with E-state index >= 15 is 0 Å². The van der Waals surface area contributed by atoms with Crippen molar-refractivity contribution in [1.82, 2.24) is 0 Å². The number of nitrogens with one attached hydrogen (secondary N) is 2. The van der Waals surface area contributed by atoms with E-state index in [1.807, 2.05) is 0 Å². The SMILES string of the molecule is CCOC(=O)/C(C=N)=C(/Nc1ccc([N+](=O)[O-])c2ccccc12)C(F)(F)F. The average Bonchev–Trinajstić information content (AvgIpc) is 2.60. The van der Waals surface area contributed by atoms with Crippen LogP contribution in [-0.2, 0) is 9.53 Å². The van der Waals surface area contributed by atoms with Crippen LogP contribution in [0.2, 0.25) is 0 Å². The average molecular weight is 381 g/mol. The van der Waals surface area contributed by atoms with Gasteiger partial charge >= 0.3 is 12.1 Å². The lowest BCUT2D eigenvalue weighted by atomic mass is 10.1. The van der Waals surface area contributed by atoms with Gasteiger partial charge in [0.1, 0.15) is 11.3 Å². The van der Waals surface area contributed by atoms with Gasteiger partial charge in [-0.2, -0.15) is 13.2 Å². The van der Waals surface area contributed by atoms with Crippen LogP contribution in [0.15, 0.2) is 47.7 Å². The van der Waals surface area contributed by atoms with Crippen molar-refractivity contribution < 1.29 is 27.6 Å². The Balaban J connectivity index is 2.67. The highest BCUT2D eigenvalue weighted by Gasteiger charge is 2.39. The number of carbonyl (C=O) groups excluding carboxylic acids is 1. The summed E-state index contributed by atoms with van der Waals surface area (Å²) in [5.74, 6) is -1.31. The van der Waals surface area contributed by atoms with Gasteiger partial charge in [0.25, 0.3) is 5.69 Å². The summed E-state index contributed by atoms with van der Waals surface area (Å²) in [6.45, 7) is 1.26. The van der Waals surface area contributed by atoms with Crippen LogP contribution in [0.25, 0.3) is 10.8 Å². The smallest absolute Gasteiger partial charge is 0.432 e. The molecule has 7 nitrogen and oxygen atoms in total. The molecule has 0 aliphatic carbocycles. The molecule has 0 bridgehead atoms. The lowest BCUT2D eigenvalue weighted by molar-refractivity contribution is -0.383. The molecule has 0 heterocycles. The fraction of sp³-hybridized carbons (Fsp3) is 0.176. The molecule has 2 rings (SSSR count). The van der Waals surface area contributed by atoms with E-state index in [1.165, 1.54) is 31.2 Å². The van der Waals surface area contributed by atoms with Crippen LogP contribution in [0.4, 0.5) is 24.5 Å². The molecule has 0 aliphatic heterocycles. The summed E-state index contributed by atoms with van der Waals surface area (Å²) in [5, 5.41) is 20.7. The molecule has 0 unspecified atom stereocenters. The maximum absolute atomic E-state index is 13.5. The molecule has 0 amide bonds. The van der Waals surface area contributed by atoms with Crippen LogP contribution in [0.3, 0.4) is 0 Å². The third-order valence-electron chi connectivity index (χ3n) is 3.55. The van der Waals surface area contributed by atoms with Crippen LogP contribution in [0.5, 0.6) is 0 Å². The Bertz CT molecular complexity index is 939. The molecule has 2 aromatic carbocycles. The molecule has 0 aromatic heterocycles. The number of benzene rings is 2. The Labute approximate surface area is 151 Å². The molecule has 2 N–H and O–H groups in total. The molecule has 0 radical (unpaired) electrons. The molecule has 2 aromatic rings. The number of nitro groups is 1. The summed E-state index contributed by atoms with van der Waals surface area (Å²) in [7, 11) is 0. The summed E-state index contributed by atoms with van der Waals surface area (Å²) < 4.78 is 45.1. The number of nitro benzene ring substituents is 1. The highest BCUT2D eigenvalue weighted by molar-refractivity contribution is 6.10. The molecule has 0 fully saturated rings. The van der Waals surface area contributed by atoms with Crippen LogP contribution in [0.1, 0.15) is 6.92 Å². The van der Waals surface area contributed by atoms with Gasteiger partial charge in [0, 0.05) is 23.4 Å². The van der Waals surface area contributed by atoms with E-state index in [4.69, 9.17) is 5.41 Å². The van der Waals surface area contributed by atoms with Crippen molar-refractivity contribution in [1.29, 1.82) is 5.41 Å². The number of rotatable bonds is 6. The van der Waals surface area contributed by atoms with E-state index < -0.39 is 28.3 Å². The number of hydrogen-bond acceptors (Lipinski definition) is 6. The maximum Gasteiger partial charge on any atom is 0.432 e. The van der Waals surface area contributed by atoms with Gasteiger partial charge in [0.05, 0.1) is 16.9 Å². The first-order valence-corrected chi connectivity index (χ1v) is 7.63. The molecular formula is C17H14F3N3O4. The first-order chi connectivity index (χ1) is 12.7. The second-order valence-corrected chi connectivity index (χ2v) is 5.21. The fourth-order valence-corrected chi connectivity index (χ4v) is 2.42. The van der Waals surface area contributed by atoms with Crippen molar-refractivity contribution in [3.8, 4) is 0 Å². The monoisotopic (exact) mass is 381 g/mol. The predicted octanol–water partition coefficient (Wildman–Crippen LogP) is 4.19. The van der Waals surface area contributed by atoms with E-state index in [9.17, 15) is 28.1 Å². The third kappa shape index (κ3) is 4.22. The molecule has 0 spiro atoms. The van der Waals surface area contributed by atoms with Gasteiger partial charge in [-0.25, -0.2) is 4.79 Å². The number of ether oxygens (including phenoxy) is 1. The van der Waals surface area contributed by atoms with E-state index in [0.29, 0.717) is 0 Å². The first-order valence-electron chi connectivity index (χ1n) is 7.63. The number of nitrogens with zero attached hydrogens (tertiary/aromatic N) is 1. The van der Waals surface area contributed by atoms with Crippen LogP contribution in [-0.4, -0.2) is 29.9 Å². The van der Waals surface area contributed by atoms with Crippen molar-refractivity contribution >= 4 is 34.3 Å². The highest BCUT2D eigenvalue weighted by Crippen LogP contribution is 2.35. The van der Waals surface area contributed by atoms with Gasteiger partial charge < -0.3 is 15.5 Å². The number of anilines is 1. The minimum absolute atomic E-state index is 0.104. The number of non-ortho nitro benzene ring substituents is 1. The molecule has 0 aliphatic rings. The van der Waals surface area contributed by atoms with Crippen LogP contribution < -0.4 is 5.32 Å². The normalized spacial score (nSPS) is 12.3. The van der Waals surface area contributed by atoms with Gasteiger partial charge in [-0.1, -0.05) is 18.2 Å². The summed E-state index contributed by atoms with van der Waals surface area (Å²) in [4.78, 5) is 22.3. The minimum atomic E-state index is -5.00. The van der Waals surface area contributed by atoms with Crippen molar-refractivity contribution in [2.45, 2.75) is 13.1 Å². The second-order valence-electron chi connectivity index (χ2n) is 5.21. The highest BCUT2D eigenvalue weighted by atomic mass is 19.4. The first kappa shape index (κ1) is 19.9. The van der Waals surface area contributed by atoms with E-state index in [2.05, 4.69) is 10.1 Å². The molecular weight excluding hydrogens is 367 g/mol. The van der Waals surface area contributed by atoms with Crippen molar-refractivity contribution in [3.63, 3.8) is 0 Å². The summed E-state index contributed by atoms with van der Waals surface area (Å²) in [6, 6.07) is 8.01. The molecule has 0 saturated carbocycles. The number of halogens is 3. The predicted molar refractivity (Wildman–Crippen MR) is 92.7 cm³/mol. The Hall–Kier alpha value is -3.43. The van der Waals surface area contributed by atoms with Gasteiger partial charge in [-0.05, 0) is 19.1 Å². The Kier molecular flexibility index (Phi) is 5.78. The standard InChI is InChI=1S/C17H14F3N3O4/c1-2-27-16(24)12(9-21)15(17(18,19)20)22-13-7-8-14(23(25)26)11-6-4-3-5-10(11)13/h3-9,21-22H,2H2,1H3/b15-12+,21-9?. The largest absolute Gasteiger partial charge is 0.462 e. The quantitative estimate of drug-likeness (QED) is 0.257. The topological polar surface area (TPSA) is 105 Å². The Morgan fingerprint density at radius 2 is 1.89 bits per heavy atom. The van der Waals surface area contributed by atoms with E-state index in [0.717, 1.165) is 12.1 Å². The van der Waals surface area contributed by atoms with Crippen molar-refractivity contribution in [2.75, 3.05) is 11.9 Å².